The Morgan fingerprint density at radius 1 is 1.29 bits per heavy atom. The van der Waals surface area contributed by atoms with E-state index in [4.69, 9.17) is 5.73 Å². The Bertz CT molecular complexity index is 339. The summed E-state index contributed by atoms with van der Waals surface area (Å²) in [4.78, 5) is 0. The van der Waals surface area contributed by atoms with E-state index in [-0.39, 0.29) is 23.9 Å². The van der Waals surface area contributed by atoms with E-state index in [2.05, 4.69) is 6.92 Å². The van der Waals surface area contributed by atoms with Gasteiger partial charge in [0, 0.05) is 18.1 Å². The molecule has 0 saturated carbocycles. The number of aliphatic hydroxyl groups excluding tert-OH is 1. The van der Waals surface area contributed by atoms with Crippen LogP contribution >= 0.6 is 0 Å². The number of aliphatic hydroxyl groups is 1. The summed E-state index contributed by atoms with van der Waals surface area (Å²) in [5.74, 6) is -0.243. The van der Waals surface area contributed by atoms with Gasteiger partial charge in [-0.2, -0.15) is 0 Å². The molecule has 0 aliphatic rings. The summed E-state index contributed by atoms with van der Waals surface area (Å²) >= 11 is 0. The first-order valence-corrected chi connectivity index (χ1v) is 6.23. The molecule has 1 rings (SSSR count). The second kappa shape index (κ2) is 6.12. The van der Waals surface area contributed by atoms with Crippen molar-refractivity contribution in [1.82, 2.24) is 0 Å². The molecule has 2 nitrogen and oxygen atoms in total. The van der Waals surface area contributed by atoms with Gasteiger partial charge in [-0.25, -0.2) is 4.39 Å². The van der Waals surface area contributed by atoms with Crippen LogP contribution in [0.25, 0.3) is 0 Å². The zero-order valence-electron chi connectivity index (χ0n) is 10.6. The Kier molecular flexibility index (Phi) is 5.09. The highest BCUT2D eigenvalue weighted by Gasteiger charge is 2.35. The lowest BCUT2D eigenvalue weighted by atomic mass is 9.69. The second-order valence-electron chi connectivity index (χ2n) is 4.50. The van der Waals surface area contributed by atoms with Crippen LogP contribution in [0.4, 0.5) is 4.39 Å². The molecule has 17 heavy (non-hydrogen) atoms. The first-order valence-electron chi connectivity index (χ1n) is 6.23. The van der Waals surface area contributed by atoms with Crippen LogP contribution in [0.3, 0.4) is 0 Å². The normalized spacial score (nSPS) is 16.5. The van der Waals surface area contributed by atoms with Gasteiger partial charge in [0.2, 0.25) is 0 Å². The predicted molar refractivity (Wildman–Crippen MR) is 68.3 cm³/mol. The molecule has 96 valence electrons. The molecule has 1 aromatic carbocycles. The molecular formula is C14H22FNO. The Balaban J connectivity index is 3.16. The van der Waals surface area contributed by atoms with Crippen molar-refractivity contribution in [3.63, 3.8) is 0 Å². The van der Waals surface area contributed by atoms with E-state index in [0.29, 0.717) is 6.42 Å². The van der Waals surface area contributed by atoms with Gasteiger partial charge in [0.1, 0.15) is 5.82 Å². The number of halogens is 1. The van der Waals surface area contributed by atoms with E-state index < -0.39 is 0 Å². The predicted octanol–water partition coefficient (Wildman–Crippen LogP) is 2.59. The van der Waals surface area contributed by atoms with Gasteiger partial charge in [-0.3, -0.25) is 0 Å². The fourth-order valence-corrected chi connectivity index (χ4v) is 2.56. The summed E-state index contributed by atoms with van der Waals surface area (Å²) in [5.41, 5.74) is 6.98. The minimum Gasteiger partial charge on any atom is -0.396 e. The highest BCUT2D eigenvalue weighted by atomic mass is 19.1. The maximum atomic E-state index is 13.0. The fraction of sp³-hybridized carbons (Fsp3) is 0.571. The molecule has 1 aromatic rings. The van der Waals surface area contributed by atoms with E-state index in [1.165, 1.54) is 12.1 Å². The van der Waals surface area contributed by atoms with E-state index in [9.17, 15) is 9.50 Å². The maximum Gasteiger partial charge on any atom is 0.123 e. The molecule has 3 heteroatoms. The van der Waals surface area contributed by atoms with Crippen molar-refractivity contribution < 1.29 is 9.50 Å². The van der Waals surface area contributed by atoms with Crippen molar-refractivity contribution in [1.29, 1.82) is 0 Å². The van der Waals surface area contributed by atoms with Crippen LogP contribution in [0.15, 0.2) is 24.3 Å². The molecular weight excluding hydrogens is 217 g/mol. The maximum absolute atomic E-state index is 13.0. The first-order chi connectivity index (χ1) is 8.10. The van der Waals surface area contributed by atoms with Gasteiger partial charge in [0.05, 0.1) is 0 Å². The third-order valence-corrected chi connectivity index (χ3v) is 3.76. The van der Waals surface area contributed by atoms with Crippen LogP contribution in [0.2, 0.25) is 0 Å². The average Bonchev–Trinajstić information content (AvgIpc) is 2.36. The molecule has 0 aromatic heterocycles. The van der Waals surface area contributed by atoms with Crippen molar-refractivity contribution in [3.8, 4) is 0 Å². The standard InChI is InChI=1S/C14H22FNO/c1-3-13(16)14(4-2,9-10-17)11-5-7-12(15)8-6-11/h5-8,13,17H,3-4,9-10,16H2,1-2H3. The molecule has 0 radical (unpaired) electrons. The summed E-state index contributed by atoms with van der Waals surface area (Å²) in [6, 6.07) is 6.46. The Morgan fingerprint density at radius 3 is 2.29 bits per heavy atom. The quantitative estimate of drug-likeness (QED) is 0.801. The SMILES string of the molecule is CCC(N)C(CC)(CCO)c1ccc(F)cc1. The van der Waals surface area contributed by atoms with Crippen LogP contribution in [0.5, 0.6) is 0 Å². The molecule has 0 spiro atoms. The molecule has 0 saturated heterocycles. The van der Waals surface area contributed by atoms with Gasteiger partial charge in [0.15, 0.2) is 0 Å². The van der Waals surface area contributed by atoms with Crippen molar-refractivity contribution in [2.45, 2.75) is 44.6 Å². The highest BCUT2D eigenvalue weighted by molar-refractivity contribution is 5.28. The Labute approximate surface area is 103 Å². The smallest absolute Gasteiger partial charge is 0.123 e. The largest absolute Gasteiger partial charge is 0.396 e. The summed E-state index contributed by atoms with van der Waals surface area (Å²) in [6.07, 6.45) is 2.30. The fourth-order valence-electron chi connectivity index (χ4n) is 2.56. The number of hydrogen-bond donors (Lipinski definition) is 2. The molecule has 0 amide bonds. The van der Waals surface area contributed by atoms with Gasteiger partial charge >= 0.3 is 0 Å². The molecule has 0 fully saturated rings. The zero-order chi connectivity index (χ0) is 12.9. The number of nitrogens with two attached hydrogens (primary N) is 1. The van der Waals surface area contributed by atoms with E-state index in [1.54, 1.807) is 12.1 Å². The second-order valence-corrected chi connectivity index (χ2v) is 4.50. The molecule has 0 aliphatic carbocycles. The third-order valence-electron chi connectivity index (χ3n) is 3.76. The van der Waals surface area contributed by atoms with Gasteiger partial charge in [0.25, 0.3) is 0 Å². The van der Waals surface area contributed by atoms with Crippen molar-refractivity contribution in [3.05, 3.63) is 35.6 Å². The molecule has 0 bridgehead atoms. The summed E-state index contributed by atoms with van der Waals surface area (Å²) in [5, 5.41) is 9.26. The topological polar surface area (TPSA) is 46.2 Å². The van der Waals surface area contributed by atoms with E-state index >= 15 is 0 Å². The van der Waals surface area contributed by atoms with Gasteiger partial charge in [-0.1, -0.05) is 26.0 Å². The molecule has 3 N–H and O–H groups in total. The van der Waals surface area contributed by atoms with Gasteiger partial charge in [-0.15, -0.1) is 0 Å². The Hall–Kier alpha value is -0.930. The summed E-state index contributed by atoms with van der Waals surface area (Å²) in [6.45, 7) is 4.20. The molecule has 2 atom stereocenters. The van der Waals surface area contributed by atoms with Crippen LogP contribution in [-0.2, 0) is 5.41 Å². The van der Waals surface area contributed by atoms with Gasteiger partial charge < -0.3 is 10.8 Å². The minimum absolute atomic E-state index is 0.0230. The van der Waals surface area contributed by atoms with E-state index in [1.807, 2.05) is 6.92 Å². The van der Waals surface area contributed by atoms with Crippen molar-refractivity contribution in [2.24, 2.45) is 5.73 Å². The molecule has 0 aliphatic heterocycles. The molecule has 0 heterocycles. The average molecular weight is 239 g/mol. The van der Waals surface area contributed by atoms with Gasteiger partial charge in [-0.05, 0) is 37.0 Å². The highest BCUT2D eigenvalue weighted by Crippen LogP contribution is 2.35. The van der Waals surface area contributed by atoms with Crippen LogP contribution < -0.4 is 5.73 Å². The zero-order valence-corrected chi connectivity index (χ0v) is 10.6. The monoisotopic (exact) mass is 239 g/mol. The summed E-state index contributed by atoms with van der Waals surface area (Å²) < 4.78 is 13.0. The van der Waals surface area contributed by atoms with Crippen LogP contribution in [0, 0.1) is 5.82 Å². The number of rotatable bonds is 6. The first kappa shape index (κ1) is 14.1. The lowest BCUT2D eigenvalue weighted by Crippen LogP contribution is -2.45. The summed E-state index contributed by atoms with van der Waals surface area (Å²) in [7, 11) is 0. The third kappa shape index (κ3) is 2.85. The van der Waals surface area contributed by atoms with Crippen molar-refractivity contribution in [2.75, 3.05) is 6.61 Å². The number of benzene rings is 1. The Morgan fingerprint density at radius 2 is 1.88 bits per heavy atom. The molecule has 2 unspecified atom stereocenters. The van der Waals surface area contributed by atoms with E-state index in [0.717, 1.165) is 18.4 Å². The number of hydrogen-bond acceptors (Lipinski definition) is 2. The minimum atomic E-state index is -0.253. The van der Waals surface area contributed by atoms with Crippen molar-refractivity contribution >= 4 is 0 Å². The van der Waals surface area contributed by atoms with Crippen LogP contribution in [0.1, 0.15) is 38.7 Å². The lowest BCUT2D eigenvalue weighted by Gasteiger charge is -2.38. The van der Waals surface area contributed by atoms with Crippen LogP contribution in [-0.4, -0.2) is 17.8 Å². The lowest BCUT2D eigenvalue weighted by molar-refractivity contribution is 0.206.